The van der Waals surface area contributed by atoms with E-state index < -0.39 is 12.0 Å². The number of carbonyl (C=O) groups is 1. The van der Waals surface area contributed by atoms with Crippen molar-refractivity contribution in [3.05, 3.63) is 94.9 Å². The Balaban J connectivity index is 1.47. The Morgan fingerprint density at radius 2 is 1.81 bits per heavy atom. The lowest BCUT2D eigenvalue weighted by Crippen LogP contribution is -2.35. The summed E-state index contributed by atoms with van der Waals surface area (Å²) in [5.41, 5.74) is 2.57. The van der Waals surface area contributed by atoms with Gasteiger partial charge in [-0.05, 0) is 66.6 Å². The zero-order valence-electron chi connectivity index (χ0n) is 23.4. The van der Waals surface area contributed by atoms with Gasteiger partial charge in [0.05, 0.1) is 18.3 Å². The third-order valence-corrected chi connectivity index (χ3v) is 7.85. The maximum absolute atomic E-state index is 13.3. The van der Waals surface area contributed by atoms with Gasteiger partial charge in [0.15, 0.2) is 5.82 Å². The fraction of sp³-hybridized carbons (Fsp3) is 0.312. The van der Waals surface area contributed by atoms with E-state index in [-0.39, 0.29) is 12.6 Å². The van der Waals surface area contributed by atoms with Crippen LogP contribution in [0.2, 0.25) is 5.02 Å². The van der Waals surface area contributed by atoms with Crippen LogP contribution in [0.15, 0.2) is 72.8 Å². The van der Waals surface area contributed by atoms with Crippen LogP contribution < -0.4 is 10.1 Å². The van der Waals surface area contributed by atoms with Crippen molar-refractivity contribution in [2.24, 2.45) is 0 Å². The van der Waals surface area contributed by atoms with E-state index in [1.54, 1.807) is 11.6 Å². The number of H-pyrrole nitrogens is 1. The molecule has 6 rings (SSSR count). The number of tetrazole rings is 1. The van der Waals surface area contributed by atoms with Gasteiger partial charge in [-0.1, -0.05) is 67.6 Å². The molecule has 1 aliphatic rings. The number of aromatic amines is 1. The second-order valence-electron chi connectivity index (χ2n) is 10.5. The summed E-state index contributed by atoms with van der Waals surface area (Å²) in [4.78, 5) is 16.6. The smallest absolute Gasteiger partial charge is 0.355 e. The number of aromatic nitrogens is 5. The topological polar surface area (TPSA) is 107 Å². The number of benzene rings is 3. The first-order valence-corrected chi connectivity index (χ1v) is 14.8. The molecule has 1 aliphatic carbocycles. The van der Waals surface area contributed by atoms with E-state index in [4.69, 9.17) is 21.1 Å². The maximum Gasteiger partial charge on any atom is 0.355 e. The molecule has 216 valence electrons. The summed E-state index contributed by atoms with van der Waals surface area (Å²) >= 11 is 6.35. The van der Waals surface area contributed by atoms with Crippen LogP contribution in [0, 0.1) is 0 Å². The van der Waals surface area contributed by atoms with Crippen molar-refractivity contribution in [1.82, 2.24) is 30.5 Å². The molecule has 0 radical (unpaired) electrons. The molecule has 1 fully saturated rings. The lowest BCUT2D eigenvalue weighted by molar-refractivity contribution is 0.0518. The predicted octanol–water partition coefficient (Wildman–Crippen LogP) is 7.17. The minimum Gasteiger partial charge on any atom is -0.461 e. The second-order valence-corrected chi connectivity index (χ2v) is 10.9. The molecule has 1 unspecified atom stereocenters. The van der Waals surface area contributed by atoms with Gasteiger partial charge < -0.3 is 19.8 Å². The highest BCUT2D eigenvalue weighted by atomic mass is 35.5. The minimum absolute atomic E-state index is 0.225. The van der Waals surface area contributed by atoms with E-state index in [9.17, 15) is 4.79 Å². The number of rotatable bonds is 9. The molecule has 1 saturated carbocycles. The third kappa shape index (κ3) is 6.03. The van der Waals surface area contributed by atoms with Gasteiger partial charge in [0.2, 0.25) is 0 Å². The summed E-state index contributed by atoms with van der Waals surface area (Å²) in [6.45, 7) is 2.05. The van der Waals surface area contributed by atoms with Crippen molar-refractivity contribution in [2.45, 2.75) is 57.5 Å². The van der Waals surface area contributed by atoms with Gasteiger partial charge in [0, 0.05) is 33.6 Å². The Bertz CT molecular complexity index is 1660. The summed E-state index contributed by atoms with van der Waals surface area (Å²) in [5.74, 6) is 1.50. The summed E-state index contributed by atoms with van der Waals surface area (Å²) in [5, 5.41) is 18.3. The van der Waals surface area contributed by atoms with Gasteiger partial charge in [-0.3, -0.25) is 0 Å². The summed E-state index contributed by atoms with van der Waals surface area (Å²) < 4.78 is 13.3. The Morgan fingerprint density at radius 1 is 1.02 bits per heavy atom. The maximum atomic E-state index is 13.3. The van der Waals surface area contributed by atoms with Crippen LogP contribution in [-0.2, 0) is 4.74 Å². The second kappa shape index (κ2) is 12.8. The van der Waals surface area contributed by atoms with E-state index in [1.807, 2.05) is 72.8 Å². The Morgan fingerprint density at radius 3 is 2.60 bits per heavy atom. The van der Waals surface area contributed by atoms with E-state index in [1.165, 1.54) is 12.8 Å². The number of fused-ring (bicyclic) bond motifs is 1. The first-order chi connectivity index (χ1) is 20.6. The Kier molecular flexibility index (Phi) is 8.48. The summed E-state index contributed by atoms with van der Waals surface area (Å²) in [6, 6.07) is 22.5. The van der Waals surface area contributed by atoms with Crippen LogP contribution in [0.5, 0.6) is 11.5 Å². The number of esters is 1. The first kappa shape index (κ1) is 27.9. The van der Waals surface area contributed by atoms with Gasteiger partial charge in [-0.2, -0.15) is 4.68 Å². The van der Waals surface area contributed by atoms with Gasteiger partial charge in [0.25, 0.3) is 0 Å². The van der Waals surface area contributed by atoms with E-state index >= 15 is 0 Å². The highest BCUT2D eigenvalue weighted by molar-refractivity contribution is 6.31. The Hall–Kier alpha value is -4.21. The highest BCUT2D eigenvalue weighted by Gasteiger charge is 2.33. The van der Waals surface area contributed by atoms with Crippen molar-refractivity contribution in [2.75, 3.05) is 6.61 Å². The molecule has 0 spiro atoms. The number of nitrogens with zero attached hydrogens (tertiary/aromatic N) is 4. The summed E-state index contributed by atoms with van der Waals surface area (Å²) in [6.07, 6.45) is 6.77. The highest BCUT2D eigenvalue weighted by Crippen LogP contribution is 2.36. The molecule has 42 heavy (non-hydrogen) atoms. The summed E-state index contributed by atoms with van der Waals surface area (Å²) in [7, 11) is 0. The SMILES string of the molecule is CCOC(=O)c1[nH]c2cc(Cl)ccc2c1C(NC1CCCCCC1)c1nnnn1-c1cccc(Oc2ccccc2)c1. The zero-order chi connectivity index (χ0) is 28.9. The lowest BCUT2D eigenvalue weighted by Gasteiger charge is -2.25. The van der Waals surface area contributed by atoms with Crippen LogP contribution in [0.4, 0.5) is 0 Å². The van der Waals surface area contributed by atoms with Crippen molar-refractivity contribution in [1.29, 1.82) is 0 Å². The van der Waals surface area contributed by atoms with Crippen LogP contribution in [0.25, 0.3) is 16.6 Å². The van der Waals surface area contributed by atoms with Crippen molar-refractivity contribution in [3.8, 4) is 17.2 Å². The average Bonchev–Trinajstić information content (AvgIpc) is 3.54. The molecule has 0 saturated heterocycles. The van der Waals surface area contributed by atoms with Gasteiger partial charge in [0.1, 0.15) is 17.2 Å². The molecular formula is C32H33ClN6O3. The van der Waals surface area contributed by atoms with E-state index in [0.717, 1.165) is 53.6 Å². The number of halogens is 1. The number of ether oxygens (including phenoxy) is 2. The van der Waals surface area contributed by atoms with Crippen LogP contribution >= 0.6 is 11.6 Å². The van der Waals surface area contributed by atoms with Crippen LogP contribution in [0.3, 0.4) is 0 Å². The monoisotopic (exact) mass is 584 g/mol. The minimum atomic E-state index is -0.517. The van der Waals surface area contributed by atoms with Gasteiger partial charge in [-0.25, -0.2) is 4.79 Å². The largest absolute Gasteiger partial charge is 0.461 e. The number of hydrogen-bond acceptors (Lipinski definition) is 7. The lowest BCUT2D eigenvalue weighted by atomic mass is 9.98. The zero-order valence-corrected chi connectivity index (χ0v) is 24.2. The molecule has 2 aromatic heterocycles. The molecular weight excluding hydrogens is 552 g/mol. The van der Waals surface area contributed by atoms with E-state index in [2.05, 4.69) is 25.8 Å². The first-order valence-electron chi connectivity index (χ1n) is 14.5. The molecule has 2 heterocycles. The standard InChI is InChI=1S/C32H33ClN6O3/c1-2-41-32(40)30-28(26-18-17-21(33)19-27(26)35-30)29(34-22-11-6-3-4-7-12-22)31-36-37-38-39(31)23-13-10-16-25(20-23)42-24-14-8-5-9-15-24/h5,8-10,13-20,22,29,34-35H,2-4,6-7,11-12H2,1H3. The van der Waals surface area contributed by atoms with Gasteiger partial charge >= 0.3 is 5.97 Å². The fourth-order valence-electron chi connectivity index (χ4n) is 5.69. The van der Waals surface area contributed by atoms with Gasteiger partial charge in [-0.15, -0.1) is 5.10 Å². The van der Waals surface area contributed by atoms with Crippen molar-refractivity contribution < 1.29 is 14.3 Å². The molecule has 0 aliphatic heterocycles. The molecule has 0 amide bonds. The quantitative estimate of drug-likeness (QED) is 0.140. The Labute approximate surface area is 249 Å². The third-order valence-electron chi connectivity index (χ3n) is 7.62. The number of para-hydroxylation sites is 1. The number of hydrogen-bond donors (Lipinski definition) is 2. The molecule has 5 aromatic rings. The predicted molar refractivity (Wildman–Crippen MR) is 161 cm³/mol. The number of carbonyl (C=O) groups excluding carboxylic acids is 1. The normalized spacial score (nSPS) is 14.9. The van der Waals surface area contributed by atoms with E-state index in [0.29, 0.717) is 22.3 Å². The molecule has 0 bridgehead atoms. The van der Waals surface area contributed by atoms with Crippen LogP contribution in [0.1, 0.15) is 73.4 Å². The molecule has 1 atom stereocenters. The molecule has 3 aromatic carbocycles. The average molecular weight is 585 g/mol. The number of nitrogens with one attached hydrogen (secondary N) is 2. The fourth-order valence-corrected chi connectivity index (χ4v) is 5.86. The van der Waals surface area contributed by atoms with Crippen molar-refractivity contribution in [3.63, 3.8) is 0 Å². The van der Waals surface area contributed by atoms with Crippen molar-refractivity contribution >= 4 is 28.5 Å². The molecule has 2 N–H and O–H groups in total. The molecule has 9 nitrogen and oxygen atoms in total. The molecule has 10 heteroatoms. The van der Waals surface area contributed by atoms with Crippen LogP contribution in [-0.4, -0.2) is 43.8 Å².